The number of halogens is 2. The van der Waals surface area contributed by atoms with Gasteiger partial charge in [0.05, 0.1) is 6.61 Å². The van der Waals surface area contributed by atoms with Crippen LogP contribution in [-0.4, -0.2) is 12.6 Å². The van der Waals surface area contributed by atoms with Crippen molar-refractivity contribution in [3.63, 3.8) is 0 Å². The van der Waals surface area contributed by atoms with Crippen LogP contribution in [0.15, 0.2) is 0 Å². The first-order valence-corrected chi connectivity index (χ1v) is 2.90. The second-order valence-electron chi connectivity index (χ2n) is 2.43. The summed E-state index contributed by atoms with van der Waals surface area (Å²) in [5.41, 5.74) is 5.50. The van der Waals surface area contributed by atoms with Gasteiger partial charge >= 0.3 is 0 Å². The van der Waals surface area contributed by atoms with Crippen LogP contribution in [0.25, 0.3) is 0 Å². The van der Waals surface area contributed by atoms with E-state index < -0.39 is 0 Å². The Labute approximate surface area is 73.2 Å². The lowest BCUT2D eigenvalue weighted by Gasteiger charge is -2.31. The van der Waals surface area contributed by atoms with Crippen LogP contribution in [0.4, 0.5) is 0 Å². The zero-order valence-electron chi connectivity index (χ0n) is 5.66. The molecule has 0 heterocycles. The summed E-state index contributed by atoms with van der Waals surface area (Å²) in [6, 6.07) is 0.412. The molecule has 64 valence electrons. The molecular formula is C5H14Cl2N2O. The Kier molecular flexibility index (Phi) is 8.09. The highest BCUT2D eigenvalue weighted by Gasteiger charge is 2.25. The van der Waals surface area contributed by atoms with Crippen molar-refractivity contribution in [1.29, 1.82) is 0 Å². The maximum absolute atomic E-state index is 5.50. The lowest BCUT2D eigenvalue weighted by molar-refractivity contribution is 0.0625. The molecule has 0 amide bonds. The van der Waals surface area contributed by atoms with Gasteiger partial charge in [-0.1, -0.05) is 0 Å². The van der Waals surface area contributed by atoms with E-state index >= 15 is 0 Å². The summed E-state index contributed by atoms with van der Waals surface area (Å²) in [5, 5.41) is 0. The highest BCUT2D eigenvalue weighted by Crippen LogP contribution is 2.24. The normalized spacial score (nSPS) is 29.4. The SMILES string of the molecule is Cl.Cl.NOC[C@H]1C[C@@H](N)C1. The van der Waals surface area contributed by atoms with Crippen LogP contribution in [-0.2, 0) is 4.84 Å². The summed E-state index contributed by atoms with van der Waals surface area (Å²) in [7, 11) is 0. The van der Waals surface area contributed by atoms with Crippen molar-refractivity contribution >= 4 is 24.8 Å². The summed E-state index contributed by atoms with van der Waals surface area (Å²) in [6.07, 6.45) is 2.16. The second kappa shape index (κ2) is 6.19. The van der Waals surface area contributed by atoms with Crippen molar-refractivity contribution in [2.75, 3.05) is 6.61 Å². The van der Waals surface area contributed by atoms with E-state index in [1.807, 2.05) is 0 Å². The molecule has 3 nitrogen and oxygen atoms in total. The molecule has 1 saturated carbocycles. The van der Waals surface area contributed by atoms with Crippen molar-refractivity contribution in [1.82, 2.24) is 0 Å². The Hall–Kier alpha value is 0.460. The van der Waals surface area contributed by atoms with Gasteiger partial charge in [0.2, 0.25) is 0 Å². The topological polar surface area (TPSA) is 61.3 Å². The van der Waals surface area contributed by atoms with E-state index in [0.717, 1.165) is 12.8 Å². The average Bonchev–Trinajstić information content (AvgIpc) is 1.64. The van der Waals surface area contributed by atoms with Crippen molar-refractivity contribution in [3.05, 3.63) is 0 Å². The van der Waals surface area contributed by atoms with Crippen molar-refractivity contribution in [3.8, 4) is 0 Å². The monoisotopic (exact) mass is 188 g/mol. The van der Waals surface area contributed by atoms with Gasteiger partial charge in [0.15, 0.2) is 0 Å². The number of hydrogen-bond acceptors (Lipinski definition) is 3. The lowest BCUT2D eigenvalue weighted by atomic mass is 9.82. The standard InChI is InChI=1S/C5H12N2O.2ClH/c6-5-1-4(2-5)3-8-7;;/h4-5H,1-3,6-7H2;2*1H/t4-,5+;;. The van der Waals surface area contributed by atoms with E-state index in [4.69, 9.17) is 11.6 Å². The molecule has 0 aromatic heterocycles. The van der Waals surface area contributed by atoms with Crippen molar-refractivity contribution < 1.29 is 4.84 Å². The molecule has 0 aromatic rings. The van der Waals surface area contributed by atoms with E-state index in [1.165, 1.54) is 0 Å². The van der Waals surface area contributed by atoms with Gasteiger partial charge in [-0.2, -0.15) is 0 Å². The van der Waals surface area contributed by atoms with E-state index in [2.05, 4.69) is 4.84 Å². The first-order valence-electron chi connectivity index (χ1n) is 2.90. The molecule has 1 fully saturated rings. The van der Waals surface area contributed by atoms with E-state index in [0.29, 0.717) is 18.6 Å². The van der Waals surface area contributed by atoms with Gasteiger partial charge in [-0.15, -0.1) is 24.8 Å². The minimum absolute atomic E-state index is 0. The smallest absolute Gasteiger partial charge is 0.0708 e. The average molecular weight is 189 g/mol. The highest BCUT2D eigenvalue weighted by atomic mass is 35.5. The largest absolute Gasteiger partial charge is 0.328 e. The third-order valence-electron chi connectivity index (χ3n) is 1.60. The summed E-state index contributed by atoms with van der Waals surface area (Å²) in [6.45, 7) is 0.674. The first-order chi connectivity index (χ1) is 3.83. The van der Waals surface area contributed by atoms with Gasteiger partial charge in [-0.05, 0) is 18.8 Å². The number of nitrogens with two attached hydrogens (primary N) is 2. The molecule has 0 radical (unpaired) electrons. The third kappa shape index (κ3) is 3.58. The minimum atomic E-state index is 0. The Morgan fingerprint density at radius 2 is 1.80 bits per heavy atom. The van der Waals surface area contributed by atoms with E-state index in [-0.39, 0.29) is 24.8 Å². The van der Waals surface area contributed by atoms with Gasteiger partial charge in [-0.3, -0.25) is 0 Å². The van der Waals surface area contributed by atoms with Gasteiger partial charge in [0.25, 0.3) is 0 Å². The molecule has 4 N–H and O–H groups in total. The first kappa shape index (κ1) is 13.1. The molecule has 0 bridgehead atoms. The second-order valence-corrected chi connectivity index (χ2v) is 2.43. The highest BCUT2D eigenvalue weighted by molar-refractivity contribution is 5.85. The molecule has 10 heavy (non-hydrogen) atoms. The predicted molar refractivity (Wildman–Crippen MR) is 45.3 cm³/mol. The molecule has 0 aliphatic heterocycles. The molecule has 1 rings (SSSR count). The Morgan fingerprint density at radius 1 is 1.30 bits per heavy atom. The fraction of sp³-hybridized carbons (Fsp3) is 1.00. The molecule has 1 aliphatic carbocycles. The summed E-state index contributed by atoms with van der Waals surface area (Å²) in [5.74, 6) is 5.48. The molecule has 1 aliphatic rings. The van der Waals surface area contributed by atoms with E-state index in [1.54, 1.807) is 0 Å². The van der Waals surface area contributed by atoms with Crippen LogP contribution >= 0.6 is 24.8 Å². The zero-order valence-corrected chi connectivity index (χ0v) is 7.29. The molecule has 0 spiro atoms. The maximum atomic E-state index is 5.50. The summed E-state index contributed by atoms with van der Waals surface area (Å²) in [4.78, 5) is 4.44. The van der Waals surface area contributed by atoms with Gasteiger partial charge < -0.3 is 10.6 Å². The van der Waals surface area contributed by atoms with Gasteiger partial charge in [-0.25, -0.2) is 5.90 Å². The molecule has 0 atom stereocenters. The Morgan fingerprint density at radius 3 is 2.10 bits per heavy atom. The van der Waals surface area contributed by atoms with Crippen molar-refractivity contribution in [2.24, 2.45) is 17.5 Å². The number of rotatable bonds is 2. The summed E-state index contributed by atoms with van der Waals surface area (Å²) < 4.78 is 0. The fourth-order valence-corrected chi connectivity index (χ4v) is 1.06. The molecular weight excluding hydrogens is 175 g/mol. The Balaban J connectivity index is 0. The van der Waals surface area contributed by atoms with Crippen LogP contribution < -0.4 is 11.6 Å². The van der Waals surface area contributed by atoms with Crippen LogP contribution in [0.3, 0.4) is 0 Å². The zero-order chi connectivity index (χ0) is 5.98. The molecule has 5 heteroatoms. The van der Waals surface area contributed by atoms with E-state index in [9.17, 15) is 0 Å². The fourth-order valence-electron chi connectivity index (χ4n) is 1.06. The van der Waals surface area contributed by atoms with Crippen LogP contribution in [0.2, 0.25) is 0 Å². The van der Waals surface area contributed by atoms with Crippen LogP contribution in [0, 0.1) is 5.92 Å². The van der Waals surface area contributed by atoms with Crippen molar-refractivity contribution in [2.45, 2.75) is 18.9 Å². The number of hydrogen-bond donors (Lipinski definition) is 2. The Bertz CT molecular complexity index is 75.3. The summed E-state index contributed by atoms with van der Waals surface area (Å²) >= 11 is 0. The maximum Gasteiger partial charge on any atom is 0.0708 e. The molecule has 0 saturated heterocycles. The molecule has 0 unspecified atom stereocenters. The van der Waals surface area contributed by atoms with Gasteiger partial charge in [0, 0.05) is 6.04 Å². The lowest BCUT2D eigenvalue weighted by Crippen LogP contribution is -2.38. The predicted octanol–water partition coefficient (Wildman–Crippen LogP) is 0.458. The quantitative estimate of drug-likeness (QED) is 0.620. The minimum Gasteiger partial charge on any atom is -0.328 e. The third-order valence-corrected chi connectivity index (χ3v) is 1.60. The van der Waals surface area contributed by atoms with Gasteiger partial charge in [0.1, 0.15) is 0 Å². The van der Waals surface area contributed by atoms with Crippen LogP contribution in [0.1, 0.15) is 12.8 Å². The van der Waals surface area contributed by atoms with Crippen LogP contribution in [0.5, 0.6) is 0 Å². The molecule has 0 aromatic carbocycles.